The molecule has 8 atom stereocenters. The van der Waals surface area contributed by atoms with E-state index in [1.165, 1.54) is 0 Å². The van der Waals surface area contributed by atoms with Gasteiger partial charge in [-0.25, -0.2) is 8.42 Å². The van der Waals surface area contributed by atoms with Crippen LogP contribution in [0.4, 0.5) is 0 Å². The molecule has 0 aliphatic carbocycles. The van der Waals surface area contributed by atoms with E-state index >= 15 is 0 Å². The van der Waals surface area contributed by atoms with E-state index in [1.807, 2.05) is 42.5 Å². The van der Waals surface area contributed by atoms with Crippen molar-refractivity contribution in [2.45, 2.75) is 49.3 Å². The van der Waals surface area contributed by atoms with Crippen molar-refractivity contribution in [2.24, 2.45) is 5.92 Å². The summed E-state index contributed by atoms with van der Waals surface area (Å²) in [6.07, 6.45) is -3.41. The van der Waals surface area contributed by atoms with E-state index in [9.17, 15) is 33.1 Å². The molecule has 2 saturated heterocycles. The van der Waals surface area contributed by atoms with Crippen LogP contribution in [0.15, 0.2) is 49.1 Å². The van der Waals surface area contributed by atoms with Gasteiger partial charge in [0, 0.05) is 6.54 Å². The molecule has 2 heterocycles. The number of aliphatic hydroxyl groups excluding tert-OH is 3. The first-order valence-electron chi connectivity index (χ1n) is 11.3. The summed E-state index contributed by atoms with van der Waals surface area (Å²) in [6.45, 7) is 2.79. The van der Waals surface area contributed by atoms with Crippen LogP contribution in [0.3, 0.4) is 0 Å². The van der Waals surface area contributed by atoms with Crippen LogP contribution in [-0.4, -0.2) is 96.9 Å². The van der Waals surface area contributed by atoms with Gasteiger partial charge < -0.3 is 39.4 Å². The topological polar surface area (TPSA) is 184 Å². The molecule has 2 aliphatic rings. The molecule has 0 spiro atoms. The Kier molecular flexibility index (Phi) is 12.8. The van der Waals surface area contributed by atoms with E-state index in [2.05, 4.69) is 16.1 Å². The Morgan fingerprint density at radius 2 is 1.92 bits per heavy atom. The van der Waals surface area contributed by atoms with Crippen molar-refractivity contribution in [1.82, 2.24) is 5.32 Å². The second-order valence-electron chi connectivity index (χ2n) is 8.32. The summed E-state index contributed by atoms with van der Waals surface area (Å²) in [7, 11) is -5.27. The summed E-state index contributed by atoms with van der Waals surface area (Å²) in [5.41, 5.74) is 1.00. The monoisotopic (exact) mass is 551 g/mol. The van der Waals surface area contributed by atoms with E-state index < -0.39 is 59.7 Å². The third-order valence-electron chi connectivity index (χ3n) is 5.82. The SMILES string of the molecule is C=CC1OC(/C=C/c2ccccc2)CC1C(=O)NCCO[C@@H]1O[C@H](CO)[C@H](O)[C@H](OS(=O)(=O)[O-])[C@H]1O.[Na+]. The molecule has 3 unspecified atom stereocenters. The van der Waals surface area contributed by atoms with Crippen LogP contribution >= 0.6 is 0 Å². The second-order valence-corrected chi connectivity index (χ2v) is 9.33. The normalized spacial score (nSPS) is 32.1. The number of amides is 1. The molecule has 0 bridgehead atoms. The van der Waals surface area contributed by atoms with Crippen LogP contribution in [0, 0.1) is 5.92 Å². The molecule has 1 aromatic rings. The van der Waals surface area contributed by atoms with E-state index in [0.29, 0.717) is 6.42 Å². The van der Waals surface area contributed by atoms with Gasteiger partial charge in [0.25, 0.3) is 0 Å². The van der Waals surface area contributed by atoms with Crippen LogP contribution in [-0.2, 0) is 33.6 Å². The number of ether oxygens (including phenoxy) is 3. The fourth-order valence-electron chi connectivity index (χ4n) is 4.04. The van der Waals surface area contributed by atoms with E-state index in [-0.39, 0.29) is 54.7 Å². The van der Waals surface area contributed by atoms with Crippen molar-refractivity contribution < 1.29 is 81.0 Å². The molecule has 1 amide bonds. The van der Waals surface area contributed by atoms with E-state index in [1.54, 1.807) is 6.08 Å². The molecule has 0 radical (unpaired) electrons. The molecule has 2 aliphatic heterocycles. The fraction of sp³-hybridized carbons (Fsp3) is 0.522. The summed E-state index contributed by atoms with van der Waals surface area (Å²) in [6, 6.07) is 9.65. The van der Waals surface area contributed by atoms with Gasteiger partial charge in [0.1, 0.15) is 24.4 Å². The van der Waals surface area contributed by atoms with Crippen molar-refractivity contribution in [3.05, 3.63) is 54.6 Å². The summed E-state index contributed by atoms with van der Waals surface area (Å²) in [4.78, 5) is 12.7. The molecule has 12 nitrogen and oxygen atoms in total. The van der Waals surface area contributed by atoms with E-state index in [4.69, 9.17) is 14.2 Å². The number of hydrogen-bond donors (Lipinski definition) is 4. The Morgan fingerprint density at radius 3 is 2.54 bits per heavy atom. The van der Waals surface area contributed by atoms with Crippen LogP contribution in [0.2, 0.25) is 0 Å². The minimum Gasteiger partial charge on any atom is -0.726 e. The molecule has 0 aromatic heterocycles. The summed E-state index contributed by atoms with van der Waals surface area (Å²) < 4.78 is 53.4. The largest absolute Gasteiger partial charge is 1.00 e. The Bertz CT molecular complexity index is 1010. The average Bonchev–Trinajstić information content (AvgIpc) is 3.28. The van der Waals surface area contributed by atoms with Crippen LogP contribution in [0.1, 0.15) is 12.0 Å². The number of benzene rings is 1. The van der Waals surface area contributed by atoms with Gasteiger partial charge in [0.2, 0.25) is 16.3 Å². The van der Waals surface area contributed by atoms with Crippen molar-refractivity contribution >= 4 is 22.4 Å². The standard InChI is InChI=1S/C23H31NO11S.Na/c1-2-17-16(12-15(33-17)9-8-14-6-4-3-5-7-14)22(28)24-10-11-32-23-20(27)21(35-36(29,30)31)19(26)18(13-25)34-23;/h2-9,15-21,23,25-27H,1,10-13H2,(H,24,28)(H,29,30,31);/q;+1/p-1/b9-8+;/t15?,16?,17?,18-,19+,20-,21+,23-;/m1./s1. The molecule has 200 valence electrons. The number of carbonyl (C=O) groups is 1. The molecule has 4 N–H and O–H groups in total. The zero-order valence-corrected chi connectivity index (χ0v) is 23.1. The minimum atomic E-state index is -5.27. The quantitative estimate of drug-likeness (QED) is 0.0693. The second kappa shape index (κ2) is 14.8. The molecule has 37 heavy (non-hydrogen) atoms. The summed E-state index contributed by atoms with van der Waals surface area (Å²) >= 11 is 0. The van der Waals surface area contributed by atoms with Crippen molar-refractivity contribution in [2.75, 3.05) is 19.8 Å². The first-order valence-corrected chi connectivity index (χ1v) is 12.6. The van der Waals surface area contributed by atoms with Crippen molar-refractivity contribution in [3.63, 3.8) is 0 Å². The number of nitrogens with one attached hydrogen (secondary N) is 1. The number of carbonyl (C=O) groups excluding carboxylic acids is 1. The van der Waals surface area contributed by atoms with Gasteiger partial charge in [-0.05, 0) is 12.0 Å². The Hall–Kier alpha value is -1.20. The maximum Gasteiger partial charge on any atom is 1.00 e. The fourth-order valence-corrected chi connectivity index (χ4v) is 4.54. The average molecular weight is 552 g/mol. The van der Waals surface area contributed by atoms with Crippen LogP contribution in [0.25, 0.3) is 6.08 Å². The predicted molar refractivity (Wildman–Crippen MR) is 124 cm³/mol. The van der Waals surface area contributed by atoms with Gasteiger partial charge in [0.05, 0.1) is 31.3 Å². The molecule has 14 heteroatoms. The van der Waals surface area contributed by atoms with E-state index in [0.717, 1.165) is 5.56 Å². The van der Waals surface area contributed by atoms with Crippen LogP contribution in [0.5, 0.6) is 0 Å². The van der Waals surface area contributed by atoms with Gasteiger partial charge in [0.15, 0.2) is 6.29 Å². The van der Waals surface area contributed by atoms with Gasteiger partial charge in [-0.3, -0.25) is 8.98 Å². The third kappa shape index (κ3) is 9.20. The molecular formula is C23H30NNaO11S. The maximum absolute atomic E-state index is 12.7. The van der Waals surface area contributed by atoms with Gasteiger partial charge in [-0.15, -0.1) is 6.58 Å². The van der Waals surface area contributed by atoms with Crippen molar-refractivity contribution in [1.29, 1.82) is 0 Å². The van der Waals surface area contributed by atoms with Gasteiger partial charge in [-0.1, -0.05) is 48.6 Å². The van der Waals surface area contributed by atoms with Crippen LogP contribution < -0.4 is 34.9 Å². The first kappa shape index (κ1) is 32.0. The zero-order valence-electron chi connectivity index (χ0n) is 20.3. The Labute approximate surface area is 237 Å². The molecule has 3 rings (SSSR count). The van der Waals surface area contributed by atoms with Gasteiger partial charge in [-0.2, -0.15) is 0 Å². The smallest absolute Gasteiger partial charge is 0.726 e. The third-order valence-corrected chi connectivity index (χ3v) is 6.28. The number of hydrogen-bond acceptors (Lipinski definition) is 11. The Morgan fingerprint density at radius 1 is 1.22 bits per heavy atom. The summed E-state index contributed by atoms with van der Waals surface area (Å²) in [5.74, 6) is -0.787. The Balaban J connectivity index is 0.00000481. The molecule has 0 saturated carbocycles. The first-order chi connectivity index (χ1) is 17.1. The summed E-state index contributed by atoms with van der Waals surface area (Å²) in [5, 5.41) is 32.3. The minimum absolute atomic E-state index is 0. The number of aliphatic hydroxyl groups is 3. The zero-order chi connectivity index (χ0) is 26.3. The van der Waals surface area contributed by atoms with Gasteiger partial charge >= 0.3 is 29.6 Å². The molecule has 1 aromatic carbocycles. The van der Waals surface area contributed by atoms with Crippen molar-refractivity contribution in [3.8, 4) is 0 Å². The predicted octanol–water partition coefficient (Wildman–Crippen LogP) is -3.92. The number of rotatable bonds is 11. The maximum atomic E-state index is 12.7. The molecule has 2 fully saturated rings. The molecular weight excluding hydrogens is 521 g/mol.